The van der Waals surface area contributed by atoms with E-state index in [9.17, 15) is 0 Å². The largest absolute Gasteiger partial charge is 0.485 e. The van der Waals surface area contributed by atoms with Crippen LogP contribution in [0.5, 0.6) is 5.75 Å². The summed E-state index contributed by atoms with van der Waals surface area (Å²) in [6, 6.07) is 8.01. The number of aryl methyl sites for hydroxylation is 2. The number of rotatable bonds is 3. The van der Waals surface area contributed by atoms with Crippen LogP contribution in [-0.4, -0.2) is 4.98 Å². The van der Waals surface area contributed by atoms with Gasteiger partial charge in [0.1, 0.15) is 17.4 Å². The number of nitrogens with zero attached hydrogens (tertiary/aromatic N) is 1. The number of hydrogen-bond acceptors (Lipinski definition) is 3. The van der Waals surface area contributed by atoms with E-state index in [0.717, 1.165) is 20.0 Å². The quantitative estimate of drug-likeness (QED) is 0.786. The van der Waals surface area contributed by atoms with Crippen molar-refractivity contribution in [3.05, 3.63) is 43.4 Å². The Hall–Kier alpha value is -0.620. The van der Waals surface area contributed by atoms with Crippen LogP contribution in [0, 0.1) is 17.4 Å². The predicted molar refractivity (Wildman–Crippen MR) is 75.1 cm³/mol. The molecule has 0 bridgehead atoms. The number of thiazole rings is 1. The van der Waals surface area contributed by atoms with Crippen molar-refractivity contribution in [1.82, 2.24) is 4.98 Å². The van der Waals surface area contributed by atoms with Gasteiger partial charge in [-0.15, -0.1) is 11.3 Å². The Labute approximate surface area is 113 Å². The third-order valence-electron chi connectivity index (χ3n) is 2.26. The van der Waals surface area contributed by atoms with Crippen LogP contribution in [-0.2, 0) is 6.61 Å². The summed E-state index contributed by atoms with van der Waals surface area (Å²) in [5, 5.41) is 1.04. The summed E-state index contributed by atoms with van der Waals surface area (Å²) in [6.07, 6.45) is 0. The van der Waals surface area contributed by atoms with Gasteiger partial charge in [0.05, 0.1) is 9.26 Å². The fourth-order valence-corrected chi connectivity index (χ4v) is 2.69. The van der Waals surface area contributed by atoms with Crippen LogP contribution >= 0.6 is 33.9 Å². The zero-order valence-corrected chi connectivity index (χ0v) is 12.1. The van der Waals surface area contributed by atoms with Crippen molar-refractivity contribution in [3.63, 3.8) is 0 Å². The van der Waals surface area contributed by atoms with Gasteiger partial charge in [-0.25, -0.2) is 4.98 Å². The molecule has 0 amide bonds. The van der Waals surface area contributed by atoms with Crippen molar-refractivity contribution in [2.45, 2.75) is 20.5 Å². The molecule has 84 valence electrons. The van der Waals surface area contributed by atoms with E-state index in [2.05, 4.69) is 34.5 Å². The van der Waals surface area contributed by atoms with E-state index in [-0.39, 0.29) is 0 Å². The molecule has 0 aliphatic carbocycles. The van der Waals surface area contributed by atoms with Crippen molar-refractivity contribution >= 4 is 33.9 Å². The maximum atomic E-state index is 5.73. The third kappa shape index (κ3) is 2.74. The minimum atomic E-state index is 0.555. The Morgan fingerprint density at radius 2 is 2.06 bits per heavy atom. The van der Waals surface area contributed by atoms with Gasteiger partial charge in [-0.2, -0.15) is 0 Å². The summed E-state index contributed by atoms with van der Waals surface area (Å²) in [5.74, 6) is 0.925. The van der Waals surface area contributed by atoms with E-state index in [1.54, 1.807) is 11.3 Å². The first-order valence-electron chi connectivity index (χ1n) is 4.97. The lowest BCUT2D eigenvalue weighted by atomic mass is 10.3. The van der Waals surface area contributed by atoms with Crippen LogP contribution in [0.15, 0.2) is 24.3 Å². The molecule has 2 aromatic rings. The van der Waals surface area contributed by atoms with E-state index in [1.165, 1.54) is 4.88 Å². The van der Waals surface area contributed by atoms with Crippen LogP contribution < -0.4 is 4.74 Å². The molecule has 0 saturated carbocycles. The molecule has 0 spiro atoms. The Bertz CT molecular complexity index is 476. The minimum absolute atomic E-state index is 0.555. The van der Waals surface area contributed by atoms with Gasteiger partial charge in [-0.1, -0.05) is 12.1 Å². The molecule has 0 unspecified atom stereocenters. The standard InChI is InChI=1S/C12H12INOS/c1-8-9(2)16-12(14-8)7-15-11-6-4-3-5-10(11)13/h3-6H,7H2,1-2H3. The zero-order valence-electron chi connectivity index (χ0n) is 9.16. The first kappa shape index (κ1) is 11.9. The molecule has 0 aliphatic heterocycles. The highest BCUT2D eigenvalue weighted by atomic mass is 127. The fourth-order valence-electron chi connectivity index (χ4n) is 1.30. The van der Waals surface area contributed by atoms with Gasteiger partial charge in [-0.3, -0.25) is 0 Å². The Kier molecular flexibility index (Phi) is 3.81. The predicted octanol–water partition coefficient (Wildman–Crippen LogP) is 3.94. The lowest BCUT2D eigenvalue weighted by Gasteiger charge is -2.05. The first-order chi connectivity index (χ1) is 7.66. The van der Waals surface area contributed by atoms with Gasteiger partial charge >= 0.3 is 0 Å². The van der Waals surface area contributed by atoms with Gasteiger partial charge in [0.2, 0.25) is 0 Å². The summed E-state index contributed by atoms with van der Waals surface area (Å²) in [4.78, 5) is 5.71. The molecule has 1 aromatic carbocycles. The van der Waals surface area contributed by atoms with Gasteiger partial charge in [0.25, 0.3) is 0 Å². The minimum Gasteiger partial charge on any atom is -0.485 e. The molecular formula is C12H12INOS. The average molecular weight is 345 g/mol. The van der Waals surface area contributed by atoms with Gasteiger partial charge in [0.15, 0.2) is 0 Å². The van der Waals surface area contributed by atoms with Crippen LogP contribution in [0.2, 0.25) is 0 Å². The topological polar surface area (TPSA) is 22.1 Å². The van der Waals surface area contributed by atoms with Crippen LogP contribution in [0.1, 0.15) is 15.6 Å². The van der Waals surface area contributed by atoms with E-state index in [0.29, 0.717) is 6.61 Å². The van der Waals surface area contributed by atoms with E-state index >= 15 is 0 Å². The molecule has 0 fully saturated rings. The molecule has 16 heavy (non-hydrogen) atoms. The third-order valence-corrected chi connectivity index (χ3v) is 4.20. The molecule has 4 heteroatoms. The zero-order chi connectivity index (χ0) is 11.5. The first-order valence-corrected chi connectivity index (χ1v) is 6.86. The van der Waals surface area contributed by atoms with Crippen molar-refractivity contribution in [1.29, 1.82) is 0 Å². The summed E-state index contributed by atoms with van der Waals surface area (Å²) >= 11 is 3.97. The van der Waals surface area contributed by atoms with E-state index in [1.807, 2.05) is 31.2 Å². The van der Waals surface area contributed by atoms with Gasteiger partial charge < -0.3 is 4.74 Å². The van der Waals surface area contributed by atoms with Gasteiger partial charge in [-0.05, 0) is 48.6 Å². The van der Waals surface area contributed by atoms with Crippen LogP contribution in [0.25, 0.3) is 0 Å². The summed E-state index contributed by atoms with van der Waals surface area (Å²) in [7, 11) is 0. The number of para-hydroxylation sites is 1. The molecule has 0 atom stereocenters. The van der Waals surface area contributed by atoms with Crippen molar-refractivity contribution < 1.29 is 4.74 Å². The molecule has 0 N–H and O–H groups in total. The smallest absolute Gasteiger partial charge is 0.140 e. The number of halogens is 1. The molecule has 2 nitrogen and oxygen atoms in total. The normalized spacial score (nSPS) is 10.4. The second-order valence-electron chi connectivity index (χ2n) is 3.47. The number of ether oxygens (including phenoxy) is 1. The van der Waals surface area contributed by atoms with E-state index < -0.39 is 0 Å². The number of aromatic nitrogens is 1. The lowest BCUT2D eigenvalue weighted by molar-refractivity contribution is 0.303. The molecule has 2 rings (SSSR count). The molecule has 0 aliphatic rings. The average Bonchev–Trinajstić information content (AvgIpc) is 2.57. The maximum absolute atomic E-state index is 5.73. The highest BCUT2D eigenvalue weighted by molar-refractivity contribution is 14.1. The van der Waals surface area contributed by atoms with Crippen molar-refractivity contribution in [3.8, 4) is 5.75 Å². The summed E-state index contributed by atoms with van der Waals surface area (Å²) in [5.41, 5.74) is 1.10. The van der Waals surface area contributed by atoms with E-state index in [4.69, 9.17) is 4.74 Å². The molecule has 1 heterocycles. The number of hydrogen-bond donors (Lipinski definition) is 0. The molecular weight excluding hydrogens is 333 g/mol. The highest BCUT2D eigenvalue weighted by Crippen LogP contribution is 2.22. The summed E-state index contributed by atoms with van der Waals surface area (Å²) in [6.45, 7) is 4.67. The van der Waals surface area contributed by atoms with Crippen LogP contribution in [0.3, 0.4) is 0 Å². The van der Waals surface area contributed by atoms with Crippen LogP contribution in [0.4, 0.5) is 0 Å². The highest BCUT2D eigenvalue weighted by Gasteiger charge is 2.05. The fraction of sp³-hybridized carbons (Fsp3) is 0.250. The van der Waals surface area contributed by atoms with Gasteiger partial charge in [0, 0.05) is 4.88 Å². The lowest BCUT2D eigenvalue weighted by Crippen LogP contribution is -1.96. The summed E-state index contributed by atoms with van der Waals surface area (Å²) < 4.78 is 6.86. The Morgan fingerprint density at radius 3 is 2.69 bits per heavy atom. The molecule has 1 aromatic heterocycles. The molecule has 0 saturated heterocycles. The maximum Gasteiger partial charge on any atom is 0.140 e. The number of benzene rings is 1. The second kappa shape index (κ2) is 5.14. The van der Waals surface area contributed by atoms with Crippen molar-refractivity contribution in [2.24, 2.45) is 0 Å². The Morgan fingerprint density at radius 1 is 1.31 bits per heavy atom. The Balaban J connectivity index is 2.05. The second-order valence-corrected chi connectivity index (χ2v) is 5.92. The SMILES string of the molecule is Cc1nc(COc2ccccc2I)sc1C. The van der Waals surface area contributed by atoms with Crippen molar-refractivity contribution in [2.75, 3.05) is 0 Å². The molecule has 0 radical (unpaired) electrons. The monoisotopic (exact) mass is 345 g/mol.